The topological polar surface area (TPSA) is 57.7 Å². The lowest BCUT2D eigenvalue weighted by atomic mass is 10.2. The summed E-state index contributed by atoms with van der Waals surface area (Å²) < 4.78 is 7.50. The first-order chi connectivity index (χ1) is 14.8. The van der Waals surface area contributed by atoms with Gasteiger partial charge in [-0.15, -0.1) is 12.4 Å². The van der Waals surface area contributed by atoms with Crippen LogP contribution in [0.1, 0.15) is 16.8 Å². The van der Waals surface area contributed by atoms with Gasteiger partial charge in [0.25, 0.3) is 5.91 Å². The van der Waals surface area contributed by atoms with Crippen LogP contribution in [0.3, 0.4) is 0 Å². The van der Waals surface area contributed by atoms with Crippen LogP contribution in [0.4, 0.5) is 11.5 Å². The molecule has 176 valence electrons. The SMILES string of the molecule is COc1ccccc1N1CC[N+](C)(CCCNc2nccc(I)c2C(=O)N(C)C)CC1.Cl. The van der Waals surface area contributed by atoms with Crippen LogP contribution < -0.4 is 15.0 Å². The molecule has 7 nitrogen and oxygen atoms in total. The van der Waals surface area contributed by atoms with Crippen molar-refractivity contribution in [1.29, 1.82) is 0 Å². The van der Waals surface area contributed by atoms with Crippen molar-refractivity contribution < 1.29 is 14.0 Å². The zero-order valence-corrected chi connectivity index (χ0v) is 22.3. The van der Waals surface area contributed by atoms with E-state index in [1.54, 1.807) is 32.3 Å². The molecule has 2 aromatic rings. The third kappa shape index (κ3) is 6.39. The second-order valence-electron chi connectivity index (χ2n) is 8.45. The molecule has 3 rings (SSSR count). The molecule has 1 fully saturated rings. The van der Waals surface area contributed by atoms with Crippen molar-refractivity contribution in [2.24, 2.45) is 0 Å². The second-order valence-corrected chi connectivity index (χ2v) is 9.61. The van der Waals surface area contributed by atoms with Crippen molar-refractivity contribution >= 4 is 52.4 Å². The molecule has 0 spiro atoms. The first kappa shape index (κ1) is 26.5. The van der Waals surface area contributed by atoms with Gasteiger partial charge in [-0.05, 0) is 40.8 Å². The molecule has 1 saturated heterocycles. The lowest BCUT2D eigenvalue weighted by Gasteiger charge is -2.43. The number of pyridine rings is 1. The Labute approximate surface area is 211 Å². The van der Waals surface area contributed by atoms with Crippen LogP contribution in [0, 0.1) is 3.57 Å². The number of para-hydroxylation sites is 2. The summed E-state index contributed by atoms with van der Waals surface area (Å²) in [7, 11) is 7.61. The average Bonchev–Trinajstić information content (AvgIpc) is 2.77. The number of halogens is 2. The molecule has 0 unspecified atom stereocenters. The maximum absolute atomic E-state index is 12.5. The van der Waals surface area contributed by atoms with Crippen LogP contribution >= 0.6 is 35.0 Å². The zero-order chi connectivity index (χ0) is 22.4. The van der Waals surface area contributed by atoms with Crippen molar-refractivity contribution in [2.45, 2.75) is 6.42 Å². The molecule has 1 aromatic carbocycles. The number of nitrogens with zero attached hydrogens (tertiary/aromatic N) is 4. The van der Waals surface area contributed by atoms with Crippen LogP contribution in [0.25, 0.3) is 0 Å². The number of rotatable bonds is 8. The smallest absolute Gasteiger partial charge is 0.258 e. The van der Waals surface area contributed by atoms with E-state index < -0.39 is 0 Å². The normalized spacial score (nSPS) is 15.0. The van der Waals surface area contributed by atoms with Crippen molar-refractivity contribution in [1.82, 2.24) is 9.88 Å². The molecule has 0 atom stereocenters. The molecule has 0 bridgehead atoms. The van der Waals surface area contributed by atoms with Gasteiger partial charge in [-0.1, -0.05) is 12.1 Å². The fourth-order valence-corrected chi connectivity index (χ4v) is 4.62. The number of quaternary nitrogens is 1. The summed E-state index contributed by atoms with van der Waals surface area (Å²) in [6.45, 7) is 6.13. The van der Waals surface area contributed by atoms with E-state index >= 15 is 0 Å². The van der Waals surface area contributed by atoms with Gasteiger partial charge in [-0.25, -0.2) is 4.98 Å². The van der Waals surface area contributed by atoms with Crippen molar-refractivity contribution in [3.05, 3.63) is 45.7 Å². The first-order valence-electron chi connectivity index (χ1n) is 10.7. The van der Waals surface area contributed by atoms with Gasteiger partial charge in [0.05, 0.1) is 58.1 Å². The van der Waals surface area contributed by atoms with Crippen LogP contribution in [0.15, 0.2) is 36.5 Å². The minimum Gasteiger partial charge on any atom is -0.495 e. The Morgan fingerprint density at radius 1 is 1.25 bits per heavy atom. The van der Waals surface area contributed by atoms with E-state index in [2.05, 4.69) is 57.0 Å². The highest BCUT2D eigenvalue weighted by Gasteiger charge is 2.29. The highest BCUT2D eigenvalue weighted by molar-refractivity contribution is 14.1. The van der Waals surface area contributed by atoms with Crippen LogP contribution in [0.2, 0.25) is 0 Å². The molecular formula is C23H34ClIN5O2+. The van der Waals surface area contributed by atoms with Gasteiger partial charge < -0.3 is 24.3 Å². The Morgan fingerprint density at radius 2 is 1.94 bits per heavy atom. The summed E-state index contributed by atoms with van der Waals surface area (Å²) >= 11 is 2.20. The van der Waals surface area contributed by atoms with E-state index in [0.717, 1.165) is 59.5 Å². The number of nitrogens with one attached hydrogen (secondary N) is 1. The van der Waals surface area contributed by atoms with E-state index in [9.17, 15) is 4.79 Å². The van der Waals surface area contributed by atoms with Crippen molar-refractivity contribution in [2.75, 3.05) is 77.7 Å². The molecule has 32 heavy (non-hydrogen) atoms. The molecule has 1 aromatic heterocycles. The van der Waals surface area contributed by atoms with Gasteiger partial charge in [0.2, 0.25) is 0 Å². The summed E-state index contributed by atoms with van der Waals surface area (Å²) in [4.78, 5) is 21.0. The lowest BCUT2D eigenvalue weighted by molar-refractivity contribution is -0.910. The summed E-state index contributed by atoms with van der Waals surface area (Å²) in [5.41, 5.74) is 1.83. The van der Waals surface area contributed by atoms with Gasteiger partial charge >= 0.3 is 0 Å². The van der Waals surface area contributed by atoms with Gasteiger partial charge in [0.15, 0.2) is 0 Å². The van der Waals surface area contributed by atoms with Gasteiger partial charge in [0.1, 0.15) is 11.6 Å². The quantitative estimate of drug-likeness (QED) is 0.297. The Morgan fingerprint density at radius 3 is 2.59 bits per heavy atom. The van der Waals surface area contributed by atoms with Gasteiger partial charge in [-0.2, -0.15) is 0 Å². The highest BCUT2D eigenvalue weighted by atomic mass is 127. The lowest BCUT2D eigenvalue weighted by Crippen LogP contribution is -2.57. The highest BCUT2D eigenvalue weighted by Crippen LogP contribution is 2.29. The van der Waals surface area contributed by atoms with Gasteiger partial charge in [0, 0.05) is 36.8 Å². The predicted molar refractivity (Wildman–Crippen MR) is 141 cm³/mol. The number of aromatic nitrogens is 1. The second kappa shape index (κ2) is 11.9. The third-order valence-electron chi connectivity index (χ3n) is 5.93. The molecular weight excluding hydrogens is 541 g/mol. The number of ether oxygens (including phenoxy) is 1. The number of hydrogen-bond acceptors (Lipinski definition) is 5. The molecule has 9 heteroatoms. The van der Waals surface area contributed by atoms with Crippen molar-refractivity contribution in [3.8, 4) is 5.75 Å². The zero-order valence-electron chi connectivity index (χ0n) is 19.3. The van der Waals surface area contributed by atoms with E-state index in [4.69, 9.17) is 4.74 Å². The molecule has 0 aliphatic carbocycles. The largest absolute Gasteiger partial charge is 0.495 e. The monoisotopic (exact) mass is 574 g/mol. The fourth-order valence-electron chi connectivity index (χ4n) is 3.97. The summed E-state index contributed by atoms with van der Waals surface area (Å²) in [5.74, 6) is 1.59. The number of methoxy groups -OCH3 is 1. The average molecular weight is 575 g/mol. The Balaban J connectivity index is 0.00000363. The molecule has 1 N–H and O–H groups in total. The molecule has 1 aliphatic rings. The number of hydrogen-bond donors (Lipinski definition) is 1. The van der Waals surface area contributed by atoms with Crippen molar-refractivity contribution in [3.63, 3.8) is 0 Å². The Bertz CT molecular complexity index is 904. The number of carbonyl (C=O) groups is 1. The first-order valence-corrected chi connectivity index (χ1v) is 11.7. The standard InChI is InChI=1S/C23H32IN5O2.ClH/c1-27(2)23(30)21-18(24)10-12-26-22(21)25-11-7-15-29(3)16-13-28(14-17-29)19-8-5-6-9-20(19)31-4;/h5-6,8-10,12H,7,11,13-17H2,1-4H3;1H/p+1. The minimum absolute atomic E-state index is 0. The van der Waals surface area contributed by atoms with Crippen LogP contribution in [-0.2, 0) is 0 Å². The van der Waals surface area contributed by atoms with E-state index in [1.165, 1.54) is 5.69 Å². The number of carbonyl (C=O) groups excluding carboxylic acids is 1. The molecule has 1 amide bonds. The maximum atomic E-state index is 12.5. The minimum atomic E-state index is -0.0218. The van der Waals surface area contributed by atoms with Crippen LogP contribution in [-0.4, -0.2) is 87.8 Å². The van der Waals surface area contributed by atoms with Gasteiger partial charge in [-0.3, -0.25) is 4.79 Å². The predicted octanol–water partition coefficient (Wildman–Crippen LogP) is 3.59. The number of piperazine rings is 1. The number of likely N-dealkylation sites (N-methyl/N-ethyl adjacent to an activating group) is 1. The summed E-state index contributed by atoms with van der Waals surface area (Å²) in [6.07, 6.45) is 2.77. The summed E-state index contributed by atoms with van der Waals surface area (Å²) in [6, 6.07) is 10.1. The van der Waals surface area contributed by atoms with E-state index in [1.807, 2.05) is 18.2 Å². The third-order valence-corrected chi connectivity index (χ3v) is 6.83. The van der Waals surface area contributed by atoms with E-state index in [-0.39, 0.29) is 18.3 Å². The molecule has 0 saturated carbocycles. The van der Waals surface area contributed by atoms with Crippen LogP contribution in [0.5, 0.6) is 5.75 Å². The summed E-state index contributed by atoms with van der Waals surface area (Å²) in [5, 5.41) is 3.40. The Kier molecular flexibility index (Phi) is 9.84. The number of anilines is 2. The number of amides is 1. The molecule has 1 aliphatic heterocycles. The Hall–Kier alpha value is -1.78. The van der Waals surface area contributed by atoms with E-state index in [0.29, 0.717) is 11.4 Å². The fraction of sp³-hybridized carbons (Fsp3) is 0.478. The maximum Gasteiger partial charge on any atom is 0.258 e. The molecule has 2 heterocycles. The number of benzene rings is 1. The molecule has 0 radical (unpaired) electrons.